The normalized spacial score (nSPS) is 17.3. The molecule has 1 fully saturated rings. The Labute approximate surface area is 222 Å². The fourth-order valence-corrected chi connectivity index (χ4v) is 3.94. The van der Waals surface area contributed by atoms with E-state index >= 15 is 0 Å². The van der Waals surface area contributed by atoms with Gasteiger partial charge in [-0.2, -0.15) is 0 Å². The molecule has 0 bridgehead atoms. The maximum absolute atomic E-state index is 12.9. The second-order valence-corrected chi connectivity index (χ2v) is 8.79. The molecule has 3 aromatic rings. The number of benzene rings is 3. The molecule has 3 atom stereocenters. The minimum Gasteiger partial charge on any atom is -0.480 e. The van der Waals surface area contributed by atoms with Gasteiger partial charge in [-0.3, -0.25) is 14.4 Å². The van der Waals surface area contributed by atoms with E-state index in [9.17, 15) is 24.3 Å². The van der Waals surface area contributed by atoms with E-state index in [0.717, 1.165) is 0 Å². The van der Waals surface area contributed by atoms with Crippen LogP contribution in [0.25, 0.3) is 0 Å². The van der Waals surface area contributed by atoms with Gasteiger partial charge in [0.15, 0.2) is 12.2 Å². The van der Waals surface area contributed by atoms with Crippen LogP contribution >= 0.6 is 11.6 Å². The van der Waals surface area contributed by atoms with Crippen LogP contribution < -0.4 is 16.0 Å². The summed E-state index contributed by atoms with van der Waals surface area (Å²) in [5.41, 5.74) is 1.97. The summed E-state index contributed by atoms with van der Waals surface area (Å²) in [5, 5.41) is 17.8. The molecule has 0 spiro atoms. The highest BCUT2D eigenvalue weighted by molar-refractivity contribution is 6.33. The van der Waals surface area contributed by atoms with Crippen molar-refractivity contribution in [2.45, 2.75) is 24.7 Å². The molecule has 1 heterocycles. The van der Waals surface area contributed by atoms with Crippen LogP contribution in [0.2, 0.25) is 5.02 Å². The first kappa shape index (κ1) is 26.8. The van der Waals surface area contributed by atoms with E-state index in [-0.39, 0.29) is 19.1 Å². The number of carboxylic acids is 1. The second-order valence-electron chi connectivity index (χ2n) is 8.38. The average molecular weight is 538 g/mol. The molecule has 4 rings (SSSR count). The Balaban J connectivity index is 1.36. The largest absolute Gasteiger partial charge is 0.480 e. The van der Waals surface area contributed by atoms with Gasteiger partial charge in [-0.15, -0.1) is 0 Å². The van der Waals surface area contributed by atoms with Gasteiger partial charge in [-0.05, 0) is 42.0 Å². The lowest BCUT2D eigenvalue weighted by Crippen LogP contribution is -2.51. The van der Waals surface area contributed by atoms with Crippen molar-refractivity contribution in [3.8, 4) is 0 Å². The number of rotatable bonds is 9. The van der Waals surface area contributed by atoms with Crippen LogP contribution in [0.15, 0.2) is 78.9 Å². The van der Waals surface area contributed by atoms with E-state index in [0.29, 0.717) is 27.5 Å². The molecule has 11 heteroatoms. The topological polar surface area (TPSA) is 143 Å². The van der Waals surface area contributed by atoms with Crippen molar-refractivity contribution in [3.63, 3.8) is 0 Å². The third kappa shape index (κ3) is 6.74. The molecule has 0 saturated carbocycles. The molecule has 0 aliphatic carbocycles. The number of carbonyl (C=O) groups is 4. The van der Waals surface area contributed by atoms with Gasteiger partial charge in [0.05, 0.1) is 10.7 Å². The quantitative estimate of drug-likeness (QED) is 0.328. The van der Waals surface area contributed by atoms with Gasteiger partial charge in [0, 0.05) is 17.7 Å². The highest BCUT2D eigenvalue weighted by Gasteiger charge is 2.41. The number of nitrogens with one attached hydrogen (secondary N) is 3. The van der Waals surface area contributed by atoms with Gasteiger partial charge in [0.2, 0.25) is 0 Å². The van der Waals surface area contributed by atoms with Gasteiger partial charge in [0.25, 0.3) is 17.7 Å². The van der Waals surface area contributed by atoms with Crippen molar-refractivity contribution in [2.24, 2.45) is 0 Å². The lowest BCUT2D eigenvalue weighted by atomic mass is 10.0. The Bertz CT molecular complexity index is 1320. The minimum atomic E-state index is -1.35. The number of halogens is 1. The Morgan fingerprint density at radius 2 is 1.47 bits per heavy atom. The summed E-state index contributed by atoms with van der Waals surface area (Å²) in [5.74, 6) is -3.01. The Morgan fingerprint density at radius 3 is 2.13 bits per heavy atom. The molecule has 1 aliphatic heterocycles. The molecular weight excluding hydrogens is 514 g/mol. The second kappa shape index (κ2) is 12.3. The summed E-state index contributed by atoms with van der Waals surface area (Å²) >= 11 is 6.07. The highest BCUT2D eigenvalue weighted by atomic mass is 35.5. The third-order valence-corrected chi connectivity index (χ3v) is 6.05. The maximum atomic E-state index is 12.9. The van der Waals surface area contributed by atoms with Gasteiger partial charge in [-0.1, -0.05) is 54.1 Å². The summed E-state index contributed by atoms with van der Waals surface area (Å²) in [4.78, 5) is 49.7. The lowest BCUT2D eigenvalue weighted by Gasteiger charge is -2.20. The molecule has 0 aromatic heterocycles. The minimum absolute atomic E-state index is 0.0436. The third-order valence-electron chi connectivity index (χ3n) is 5.72. The van der Waals surface area contributed by atoms with E-state index < -0.39 is 36.0 Å². The van der Waals surface area contributed by atoms with Gasteiger partial charge in [0.1, 0.15) is 12.8 Å². The molecule has 1 aliphatic rings. The van der Waals surface area contributed by atoms with E-state index in [1.807, 2.05) is 6.07 Å². The SMILES string of the molecule is O=C(Nc1ccc(C[C@H](NC(=O)[C@@H]2OCO[C@H]2C(=O)Nc2ccccc2Cl)C(=O)O)cc1)c1ccccc1. The maximum Gasteiger partial charge on any atom is 0.326 e. The summed E-state index contributed by atoms with van der Waals surface area (Å²) < 4.78 is 10.6. The zero-order chi connectivity index (χ0) is 27.1. The molecule has 38 heavy (non-hydrogen) atoms. The Morgan fingerprint density at radius 1 is 0.842 bits per heavy atom. The van der Waals surface area contributed by atoms with E-state index in [1.165, 1.54) is 0 Å². The van der Waals surface area contributed by atoms with Crippen LogP contribution in [-0.4, -0.2) is 53.8 Å². The fourth-order valence-electron chi connectivity index (χ4n) is 3.76. The summed E-state index contributed by atoms with van der Waals surface area (Å²) in [6, 6.07) is 20.5. The molecule has 196 valence electrons. The molecule has 10 nitrogen and oxygen atoms in total. The van der Waals surface area contributed by atoms with Crippen LogP contribution in [-0.2, 0) is 30.3 Å². The van der Waals surface area contributed by atoms with Crippen molar-refractivity contribution >= 4 is 46.7 Å². The molecule has 3 aromatic carbocycles. The van der Waals surface area contributed by atoms with Crippen LogP contribution in [0.4, 0.5) is 11.4 Å². The van der Waals surface area contributed by atoms with Crippen molar-refractivity contribution in [2.75, 3.05) is 17.4 Å². The predicted octanol–water partition coefficient (Wildman–Crippen LogP) is 3.08. The number of para-hydroxylation sites is 1. The van der Waals surface area contributed by atoms with Crippen LogP contribution in [0, 0.1) is 0 Å². The number of carbonyl (C=O) groups excluding carboxylic acids is 3. The number of aliphatic carboxylic acids is 1. The van der Waals surface area contributed by atoms with Crippen molar-refractivity contribution in [1.29, 1.82) is 0 Å². The standard InChI is InChI=1S/C27H24ClN3O7/c28-19-8-4-5-9-20(19)30-25(33)22-23(38-15-37-22)26(34)31-21(27(35)36)14-16-10-12-18(13-11-16)29-24(32)17-6-2-1-3-7-17/h1-13,21-23H,14-15H2,(H,29,32)(H,30,33)(H,31,34)(H,35,36)/t21-,22+,23+/m0/s1. The Hall–Kier alpha value is -4.25. The average Bonchev–Trinajstić information content (AvgIpc) is 3.41. The fraction of sp³-hybridized carbons (Fsp3) is 0.185. The van der Waals surface area contributed by atoms with Gasteiger partial charge >= 0.3 is 5.97 Å². The lowest BCUT2D eigenvalue weighted by molar-refractivity contribution is -0.144. The summed E-state index contributed by atoms with van der Waals surface area (Å²) in [7, 11) is 0. The molecule has 3 amide bonds. The molecule has 0 radical (unpaired) electrons. The number of carboxylic acid groups (broad SMARTS) is 1. The first-order valence-electron chi connectivity index (χ1n) is 11.6. The number of hydrogen-bond acceptors (Lipinski definition) is 6. The van der Waals surface area contributed by atoms with E-state index in [1.54, 1.807) is 72.8 Å². The van der Waals surface area contributed by atoms with Crippen LogP contribution in [0.5, 0.6) is 0 Å². The van der Waals surface area contributed by atoms with E-state index in [4.69, 9.17) is 21.1 Å². The number of amides is 3. The van der Waals surface area contributed by atoms with Crippen LogP contribution in [0.3, 0.4) is 0 Å². The number of hydrogen-bond donors (Lipinski definition) is 4. The number of ether oxygens (including phenoxy) is 2. The van der Waals surface area contributed by atoms with Crippen molar-refractivity contribution < 1.29 is 33.8 Å². The zero-order valence-corrected chi connectivity index (χ0v) is 20.7. The van der Waals surface area contributed by atoms with Crippen molar-refractivity contribution in [1.82, 2.24) is 5.32 Å². The summed E-state index contributed by atoms with van der Waals surface area (Å²) in [6.45, 7) is -0.313. The zero-order valence-electron chi connectivity index (χ0n) is 19.9. The van der Waals surface area contributed by atoms with E-state index in [2.05, 4.69) is 16.0 Å². The molecular formula is C27H24ClN3O7. The monoisotopic (exact) mass is 537 g/mol. The smallest absolute Gasteiger partial charge is 0.326 e. The number of anilines is 2. The Kier molecular flexibility index (Phi) is 8.70. The van der Waals surface area contributed by atoms with Gasteiger partial charge < -0.3 is 30.5 Å². The van der Waals surface area contributed by atoms with Crippen LogP contribution in [0.1, 0.15) is 15.9 Å². The molecule has 4 N–H and O–H groups in total. The first-order valence-corrected chi connectivity index (χ1v) is 12.0. The highest BCUT2D eigenvalue weighted by Crippen LogP contribution is 2.23. The predicted molar refractivity (Wildman–Crippen MR) is 139 cm³/mol. The van der Waals surface area contributed by atoms with Gasteiger partial charge in [-0.25, -0.2) is 4.79 Å². The summed E-state index contributed by atoms with van der Waals surface area (Å²) in [6.07, 6.45) is -2.69. The molecule has 0 unspecified atom stereocenters. The molecule has 1 saturated heterocycles. The van der Waals surface area contributed by atoms with Crippen molar-refractivity contribution in [3.05, 3.63) is 95.0 Å². The first-order chi connectivity index (χ1) is 18.3.